The molecule has 0 atom stereocenters. The average molecular weight is 739 g/mol. The van der Waals surface area contributed by atoms with Gasteiger partial charge in [0.1, 0.15) is 11.2 Å². The van der Waals surface area contributed by atoms with Crippen molar-refractivity contribution in [3.05, 3.63) is 205 Å². The van der Waals surface area contributed by atoms with Crippen LogP contribution in [0.3, 0.4) is 0 Å². The molecule has 1 nitrogen and oxygen atoms in total. The number of furan rings is 1. The molecule has 10 aromatic carbocycles. The first-order valence-corrected chi connectivity index (χ1v) is 20.2. The smallest absolute Gasteiger partial charge is 0.135 e. The minimum absolute atomic E-state index is 0.179. The van der Waals surface area contributed by atoms with E-state index in [1.54, 1.807) is 0 Å². The third-order valence-corrected chi connectivity index (χ3v) is 12.9. The fourth-order valence-corrected chi connectivity index (χ4v) is 9.93. The van der Waals surface area contributed by atoms with Gasteiger partial charge in [-0.15, -0.1) is 0 Å². The first-order chi connectivity index (χ1) is 28.5. The van der Waals surface area contributed by atoms with Crippen LogP contribution < -0.4 is 0 Å². The molecule has 0 fully saturated rings. The fraction of sp³-hybridized carbons (Fsp3) is 0.0526. The van der Waals surface area contributed by atoms with Crippen LogP contribution in [0.5, 0.6) is 0 Å². The molecule has 1 aliphatic rings. The summed E-state index contributed by atoms with van der Waals surface area (Å²) in [6.07, 6.45) is 0. The molecule has 0 aliphatic heterocycles. The topological polar surface area (TPSA) is 13.1 Å². The highest BCUT2D eigenvalue weighted by Crippen LogP contribution is 2.52. The standard InChI is InChI=1S/C57H38O/c1-57(2)51-33-41(40-27-30-54-50(32-40)45-13-9-10-18-53(45)58-54)25-28-43(51)44-29-26-42(34-52(44)57)56-48-16-7-5-14-46(48)55(47-15-6-8-17-49(47)56)37-22-19-36(20-23-37)39-24-21-35-11-3-4-12-38(35)31-39/h3-34H,1-2H3. The molecule has 1 heterocycles. The van der Waals surface area contributed by atoms with Crippen LogP contribution in [0, 0.1) is 0 Å². The van der Waals surface area contributed by atoms with Gasteiger partial charge in [0, 0.05) is 16.2 Å². The molecule has 1 aliphatic carbocycles. The lowest BCUT2D eigenvalue weighted by molar-refractivity contribution is 0.661. The van der Waals surface area contributed by atoms with Crippen LogP contribution in [0.15, 0.2) is 199 Å². The van der Waals surface area contributed by atoms with Crippen LogP contribution in [0.4, 0.5) is 0 Å². The van der Waals surface area contributed by atoms with E-state index in [0.29, 0.717) is 0 Å². The number of hydrogen-bond acceptors (Lipinski definition) is 1. The van der Waals surface area contributed by atoms with Gasteiger partial charge in [0.15, 0.2) is 0 Å². The molecule has 0 bridgehead atoms. The highest BCUT2D eigenvalue weighted by Gasteiger charge is 2.36. The Kier molecular flexibility index (Phi) is 7.04. The summed E-state index contributed by atoms with van der Waals surface area (Å²) >= 11 is 0. The van der Waals surface area contributed by atoms with E-state index in [1.165, 1.54) is 99.1 Å². The summed E-state index contributed by atoms with van der Waals surface area (Å²) in [5.41, 5.74) is 17.0. The van der Waals surface area contributed by atoms with E-state index in [1.807, 2.05) is 12.1 Å². The maximum absolute atomic E-state index is 6.15. The number of hydrogen-bond donors (Lipinski definition) is 0. The summed E-state index contributed by atoms with van der Waals surface area (Å²) < 4.78 is 6.15. The van der Waals surface area contributed by atoms with Crippen molar-refractivity contribution < 1.29 is 4.42 Å². The Morgan fingerprint density at radius 2 is 0.759 bits per heavy atom. The number of para-hydroxylation sites is 1. The number of rotatable bonds is 4. The van der Waals surface area contributed by atoms with Gasteiger partial charge in [0.25, 0.3) is 0 Å². The fourth-order valence-electron chi connectivity index (χ4n) is 9.93. The minimum Gasteiger partial charge on any atom is -0.456 e. The summed E-state index contributed by atoms with van der Waals surface area (Å²) in [5.74, 6) is 0. The van der Waals surface area contributed by atoms with Gasteiger partial charge in [-0.2, -0.15) is 0 Å². The zero-order chi connectivity index (χ0) is 38.5. The van der Waals surface area contributed by atoms with Gasteiger partial charge in [-0.05, 0) is 135 Å². The van der Waals surface area contributed by atoms with Gasteiger partial charge in [-0.25, -0.2) is 0 Å². The quantitative estimate of drug-likeness (QED) is 0.164. The van der Waals surface area contributed by atoms with Gasteiger partial charge >= 0.3 is 0 Å². The summed E-state index contributed by atoms with van der Waals surface area (Å²) in [6.45, 7) is 4.78. The predicted molar refractivity (Wildman–Crippen MR) is 246 cm³/mol. The van der Waals surface area contributed by atoms with Crippen LogP contribution in [0.25, 0.3) is 110 Å². The van der Waals surface area contributed by atoms with E-state index in [-0.39, 0.29) is 5.41 Å². The van der Waals surface area contributed by atoms with Crippen molar-refractivity contribution in [1.82, 2.24) is 0 Å². The van der Waals surface area contributed by atoms with Crippen molar-refractivity contribution in [2.45, 2.75) is 19.3 Å². The van der Waals surface area contributed by atoms with E-state index in [4.69, 9.17) is 4.42 Å². The Labute approximate surface area is 337 Å². The first kappa shape index (κ1) is 33.0. The molecule has 0 saturated carbocycles. The van der Waals surface area contributed by atoms with E-state index in [9.17, 15) is 0 Å². The lowest BCUT2D eigenvalue weighted by atomic mass is 9.80. The van der Waals surface area contributed by atoms with Crippen molar-refractivity contribution >= 4 is 54.3 Å². The van der Waals surface area contributed by atoms with Crippen molar-refractivity contribution in [2.75, 3.05) is 0 Å². The SMILES string of the molecule is CC1(C)c2cc(-c3ccc4oc5ccccc5c4c3)ccc2-c2ccc(-c3c4ccccc4c(-c4ccc(-c5ccc6ccccc6c5)cc4)c4ccccc34)cc21. The van der Waals surface area contributed by atoms with Gasteiger partial charge in [-0.1, -0.05) is 172 Å². The van der Waals surface area contributed by atoms with E-state index < -0.39 is 0 Å². The van der Waals surface area contributed by atoms with Crippen LogP contribution in [-0.2, 0) is 5.41 Å². The van der Waals surface area contributed by atoms with Crippen LogP contribution in [-0.4, -0.2) is 0 Å². The normalized spacial score (nSPS) is 13.1. The molecular weight excluding hydrogens is 701 g/mol. The second-order valence-corrected chi connectivity index (χ2v) is 16.4. The largest absolute Gasteiger partial charge is 0.456 e. The zero-order valence-electron chi connectivity index (χ0n) is 32.4. The maximum atomic E-state index is 6.15. The Morgan fingerprint density at radius 1 is 0.310 bits per heavy atom. The van der Waals surface area contributed by atoms with Gasteiger partial charge in [-0.3, -0.25) is 0 Å². The Morgan fingerprint density at radius 3 is 1.45 bits per heavy atom. The maximum Gasteiger partial charge on any atom is 0.135 e. The van der Waals surface area contributed by atoms with Crippen LogP contribution in [0.2, 0.25) is 0 Å². The van der Waals surface area contributed by atoms with Gasteiger partial charge < -0.3 is 4.42 Å². The van der Waals surface area contributed by atoms with E-state index >= 15 is 0 Å². The zero-order valence-corrected chi connectivity index (χ0v) is 32.4. The van der Waals surface area contributed by atoms with Crippen LogP contribution >= 0.6 is 0 Å². The molecule has 11 aromatic rings. The highest BCUT2D eigenvalue weighted by atomic mass is 16.3. The van der Waals surface area contributed by atoms with Crippen molar-refractivity contribution in [3.8, 4) is 55.6 Å². The molecular formula is C57H38O. The molecule has 12 rings (SSSR count). The van der Waals surface area contributed by atoms with Crippen molar-refractivity contribution in [2.24, 2.45) is 0 Å². The Bertz CT molecular complexity index is 3410. The molecule has 272 valence electrons. The van der Waals surface area contributed by atoms with Crippen molar-refractivity contribution in [3.63, 3.8) is 0 Å². The number of fused-ring (bicyclic) bond motifs is 9. The summed E-state index contributed by atoms with van der Waals surface area (Å²) in [7, 11) is 0. The Hall–Kier alpha value is -7.22. The highest BCUT2D eigenvalue weighted by molar-refractivity contribution is 6.21. The molecule has 0 saturated heterocycles. The van der Waals surface area contributed by atoms with Crippen molar-refractivity contribution in [1.29, 1.82) is 0 Å². The van der Waals surface area contributed by atoms with E-state index in [2.05, 4.69) is 196 Å². The van der Waals surface area contributed by atoms with Gasteiger partial charge in [0.2, 0.25) is 0 Å². The molecule has 0 amide bonds. The minimum atomic E-state index is -0.179. The van der Waals surface area contributed by atoms with E-state index in [0.717, 1.165) is 21.9 Å². The third kappa shape index (κ3) is 4.90. The Balaban J connectivity index is 0.962. The lowest BCUT2D eigenvalue weighted by Crippen LogP contribution is -2.15. The lowest BCUT2D eigenvalue weighted by Gasteiger charge is -2.23. The average Bonchev–Trinajstić information content (AvgIpc) is 3.76. The van der Waals surface area contributed by atoms with Crippen LogP contribution in [0.1, 0.15) is 25.0 Å². The molecule has 0 unspecified atom stereocenters. The molecule has 58 heavy (non-hydrogen) atoms. The van der Waals surface area contributed by atoms with Gasteiger partial charge in [0.05, 0.1) is 0 Å². The molecule has 0 N–H and O–H groups in total. The monoisotopic (exact) mass is 738 g/mol. The second kappa shape index (κ2) is 12.4. The summed E-state index contributed by atoms with van der Waals surface area (Å²) in [4.78, 5) is 0. The first-order valence-electron chi connectivity index (χ1n) is 20.2. The number of benzene rings is 10. The molecule has 1 heteroatoms. The summed E-state index contributed by atoms with van der Waals surface area (Å²) in [5, 5.41) is 9.92. The molecule has 1 aromatic heterocycles. The predicted octanol–water partition coefficient (Wildman–Crippen LogP) is 16.0. The molecule has 0 radical (unpaired) electrons. The summed E-state index contributed by atoms with van der Waals surface area (Å²) in [6, 6.07) is 71.6. The molecule has 0 spiro atoms. The second-order valence-electron chi connectivity index (χ2n) is 16.4. The third-order valence-electron chi connectivity index (χ3n) is 12.9.